The molecule has 1 aromatic heterocycles. The van der Waals surface area contributed by atoms with E-state index in [0.717, 1.165) is 10.6 Å². The van der Waals surface area contributed by atoms with Gasteiger partial charge in [-0.25, -0.2) is 13.2 Å². The fourth-order valence-electron chi connectivity index (χ4n) is 3.30. The number of hydrogen-bond donors (Lipinski definition) is 1. The third kappa shape index (κ3) is 4.23. The van der Waals surface area contributed by atoms with E-state index in [-0.39, 0.29) is 10.6 Å². The monoisotopic (exact) mass is 489 g/mol. The number of imidazole rings is 1. The topological polar surface area (TPSA) is 82.3 Å². The number of aryl methyl sites for hydroxylation is 2. The van der Waals surface area contributed by atoms with Gasteiger partial charge in [-0.2, -0.15) is 0 Å². The van der Waals surface area contributed by atoms with Crippen molar-refractivity contribution < 1.29 is 13.2 Å². The molecule has 166 valence electrons. The van der Waals surface area contributed by atoms with E-state index in [0.29, 0.717) is 26.6 Å². The molecule has 0 fully saturated rings. The molecule has 0 atom stereocenters. The minimum atomic E-state index is -3.91. The summed E-state index contributed by atoms with van der Waals surface area (Å²) in [7, 11) is 1.02. The zero-order valence-electron chi connectivity index (χ0n) is 17.5. The highest BCUT2D eigenvalue weighted by atomic mass is 35.5. The van der Waals surface area contributed by atoms with Crippen LogP contribution in [0.4, 0.5) is 5.69 Å². The molecule has 0 aliphatic rings. The van der Waals surface area contributed by atoms with Crippen molar-refractivity contribution in [2.45, 2.75) is 14.7 Å². The Bertz CT molecular complexity index is 1480. The van der Waals surface area contributed by atoms with E-state index >= 15 is 0 Å². The lowest BCUT2D eigenvalue weighted by atomic mass is 10.3. The van der Waals surface area contributed by atoms with E-state index in [2.05, 4.69) is 4.72 Å². The minimum absolute atomic E-state index is 0.0486. The van der Waals surface area contributed by atoms with Crippen LogP contribution in [0, 0.1) is 0 Å². The maximum absolute atomic E-state index is 13.1. The normalized spacial score (nSPS) is 11.6. The number of sulfonamides is 1. The molecule has 32 heavy (non-hydrogen) atoms. The molecule has 4 aromatic rings. The molecule has 4 rings (SSSR count). The Morgan fingerprint density at radius 3 is 2.25 bits per heavy atom. The van der Waals surface area contributed by atoms with E-state index in [1.54, 1.807) is 39.4 Å². The molecule has 10 heteroatoms. The second kappa shape index (κ2) is 8.57. The number of benzene rings is 3. The largest absolute Gasteiger partial charge is 0.497 e. The highest BCUT2D eigenvalue weighted by molar-refractivity contribution is 7.99. The number of nitrogens with zero attached hydrogens (tertiary/aromatic N) is 2. The summed E-state index contributed by atoms with van der Waals surface area (Å²) in [5.74, 6) is 0.720. The van der Waals surface area contributed by atoms with Gasteiger partial charge in [0.05, 0.1) is 28.7 Å². The maximum atomic E-state index is 13.1. The number of ether oxygens (including phenoxy) is 1. The average Bonchev–Trinajstić information content (AvgIpc) is 2.98. The zero-order chi connectivity index (χ0) is 23.0. The highest BCUT2D eigenvalue weighted by Gasteiger charge is 2.20. The van der Waals surface area contributed by atoms with Crippen LogP contribution >= 0.6 is 23.4 Å². The Morgan fingerprint density at radius 1 is 0.969 bits per heavy atom. The van der Waals surface area contributed by atoms with Gasteiger partial charge in [-0.1, -0.05) is 29.4 Å². The van der Waals surface area contributed by atoms with Gasteiger partial charge in [-0.05, 0) is 54.6 Å². The number of hydrogen-bond acceptors (Lipinski definition) is 5. The van der Waals surface area contributed by atoms with Crippen LogP contribution in [-0.4, -0.2) is 24.7 Å². The second-order valence-corrected chi connectivity index (χ2v) is 10.3. The van der Waals surface area contributed by atoms with Crippen molar-refractivity contribution in [3.63, 3.8) is 0 Å². The van der Waals surface area contributed by atoms with Crippen molar-refractivity contribution in [2.24, 2.45) is 14.1 Å². The molecular formula is C22H20ClN3O4S2. The standard InChI is InChI=1S/C22H20ClN3O4S2/c1-25-19-12-18(24-32(28,29)17-6-4-5-14(23)11-17)21(13-20(19)26(2)22(25)27)31-16-9-7-15(30-3)8-10-16/h4-13,24H,1-3H3. The zero-order valence-corrected chi connectivity index (χ0v) is 19.9. The molecule has 0 bridgehead atoms. The van der Waals surface area contributed by atoms with Crippen LogP contribution in [-0.2, 0) is 24.1 Å². The van der Waals surface area contributed by atoms with Gasteiger partial charge in [0.1, 0.15) is 5.75 Å². The summed E-state index contributed by atoms with van der Waals surface area (Å²) < 4.78 is 37.0. The Hall–Kier alpha value is -2.88. The van der Waals surface area contributed by atoms with Gasteiger partial charge >= 0.3 is 5.69 Å². The van der Waals surface area contributed by atoms with E-state index in [1.165, 1.54) is 33.0 Å². The van der Waals surface area contributed by atoms with E-state index in [9.17, 15) is 13.2 Å². The minimum Gasteiger partial charge on any atom is -0.497 e. The Labute approximate surface area is 194 Å². The molecule has 3 aromatic carbocycles. The lowest BCUT2D eigenvalue weighted by molar-refractivity contribution is 0.414. The molecule has 0 spiro atoms. The predicted octanol–water partition coefficient (Wildman–Crippen LogP) is 4.49. The second-order valence-electron chi connectivity index (χ2n) is 7.08. The van der Waals surface area contributed by atoms with Crippen molar-refractivity contribution in [3.05, 3.63) is 76.2 Å². The first kappa shape index (κ1) is 22.3. The van der Waals surface area contributed by atoms with Crippen LogP contribution in [0.25, 0.3) is 11.0 Å². The van der Waals surface area contributed by atoms with E-state index < -0.39 is 10.0 Å². The molecule has 0 unspecified atom stereocenters. The summed E-state index contributed by atoms with van der Waals surface area (Å²) in [6.45, 7) is 0. The van der Waals surface area contributed by atoms with Crippen molar-refractivity contribution in [3.8, 4) is 5.75 Å². The molecule has 0 radical (unpaired) electrons. The van der Waals surface area contributed by atoms with Crippen LogP contribution in [0.3, 0.4) is 0 Å². The number of halogens is 1. The van der Waals surface area contributed by atoms with Crippen LogP contribution in [0.2, 0.25) is 5.02 Å². The maximum Gasteiger partial charge on any atom is 0.328 e. The van der Waals surface area contributed by atoms with Crippen molar-refractivity contribution >= 4 is 50.1 Å². The van der Waals surface area contributed by atoms with Gasteiger partial charge in [0.25, 0.3) is 10.0 Å². The molecule has 1 heterocycles. The van der Waals surface area contributed by atoms with Gasteiger partial charge in [0.15, 0.2) is 0 Å². The summed E-state index contributed by atoms with van der Waals surface area (Å²) in [4.78, 5) is 14.0. The van der Waals surface area contributed by atoms with Crippen molar-refractivity contribution in [1.82, 2.24) is 9.13 Å². The fraction of sp³-hybridized carbons (Fsp3) is 0.136. The van der Waals surface area contributed by atoms with Crippen molar-refractivity contribution in [1.29, 1.82) is 0 Å². The van der Waals surface area contributed by atoms with Crippen LogP contribution in [0.5, 0.6) is 5.75 Å². The summed E-state index contributed by atoms with van der Waals surface area (Å²) in [6, 6.07) is 16.9. The number of rotatable bonds is 6. The quantitative estimate of drug-likeness (QED) is 0.431. The Kier molecular flexibility index (Phi) is 5.98. The lowest BCUT2D eigenvalue weighted by Crippen LogP contribution is -2.19. The third-order valence-electron chi connectivity index (χ3n) is 5.01. The molecule has 0 amide bonds. The van der Waals surface area contributed by atoms with Gasteiger partial charge in [0, 0.05) is 28.9 Å². The predicted molar refractivity (Wildman–Crippen MR) is 128 cm³/mol. The third-order valence-corrected chi connectivity index (χ3v) is 7.68. The summed E-state index contributed by atoms with van der Waals surface area (Å²) in [5.41, 5.74) is 1.47. The van der Waals surface area contributed by atoms with Crippen molar-refractivity contribution in [2.75, 3.05) is 11.8 Å². The number of nitrogens with one attached hydrogen (secondary N) is 1. The summed E-state index contributed by atoms with van der Waals surface area (Å²) in [6.07, 6.45) is 0. The van der Waals surface area contributed by atoms with Gasteiger partial charge in [0.2, 0.25) is 0 Å². The molecule has 0 aliphatic carbocycles. The number of anilines is 1. The number of aromatic nitrogens is 2. The lowest BCUT2D eigenvalue weighted by Gasteiger charge is -2.14. The van der Waals surface area contributed by atoms with E-state index in [1.807, 2.05) is 30.3 Å². The molecule has 0 saturated carbocycles. The smallest absolute Gasteiger partial charge is 0.328 e. The first-order valence-corrected chi connectivity index (χ1v) is 12.2. The molecule has 0 aliphatic heterocycles. The number of fused-ring (bicyclic) bond motifs is 1. The fourth-order valence-corrected chi connectivity index (χ4v) is 5.65. The van der Waals surface area contributed by atoms with Gasteiger partial charge < -0.3 is 4.74 Å². The molecule has 1 N–H and O–H groups in total. The van der Waals surface area contributed by atoms with Crippen LogP contribution < -0.4 is 15.1 Å². The Morgan fingerprint density at radius 2 is 1.62 bits per heavy atom. The van der Waals surface area contributed by atoms with Crippen LogP contribution in [0.15, 0.2) is 80.1 Å². The first-order chi connectivity index (χ1) is 15.2. The van der Waals surface area contributed by atoms with Crippen LogP contribution in [0.1, 0.15) is 0 Å². The number of methoxy groups -OCH3 is 1. The molecule has 7 nitrogen and oxygen atoms in total. The Balaban J connectivity index is 1.84. The highest BCUT2D eigenvalue weighted by Crippen LogP contribution is 2.38. The summed E-state index contributed by atoms with van der Waals surface area (Å²) in [5, 5.41) is 0.321. The van der Waals surface area contributed by atoms with Gasteiger partial charge in [-0.15, -0.1) is 0 Å². The van der Waals surface area contributed by atoms with E-state index in [4.69, 9.17) is 16.3 Å². The first-order valence-electron chi connectivity index (χ1n) is 9.49. The van der Waals surface area contributed by atoms with Gasteiger partial charge in [-0.3, -0.25) is 13.9 Å². The summed E-state index contributed by atoms with van der Waals surface area (Å²) >= 11 is 7.37. The molecule has 0 saturated heterocycles. The molecular weight excluding hydrogens is 470 g/mol. The SMILES string of the molecule is COc1ccc(Sc2cc3c(cc2NS(=O)(=O)c2cccc(Cl)c2)n(C)c(=O)n3C)cc1. The average molecular weight is 490 g/mol.